The van der Waals surface area contributed by atoms with Crippen LogP contribution in [0.3, 0.4) is 0 Å². The summed E-state index contributed by atoms with van der Waals surface area (Å²) in [6.07, 6.45) is 1.23. The van der Waals surface area contributed by atoms with Crippen LogP contribution in [0.1, 0.15) is 10.4 Å². The summed E-state index contributed by atoms with van der Waals surface area (Å²) in [5.74, 6) is 0.803. The highest BCUT2D eigenvalue weighted by molar-refractivity contribution is 5.99. The molecule has 1 aromatic carbocycles. The summed E-state index contributed by atoms with van der Waals surface area (Å²) < 4.78 is 5.37. The minimum Gasteiger partial charge on any atom is -0.482 e. The molecular weight excluding hydrogens is 366 g/mol. The molecule has 0 spiro atoms. The summed E-state index contributed by atoms with van der Waals surface area (Å²) in [7, 11) is 0. The zero-order valence-corrected chi connectivity index (χ0v) is 14.8. The minimum atomic E-state index is -0.485. The quantitative estimate of drug-likeness (QED) is 0.627. The van der Waals surface area contributed by atoms with E-state index in [-0.39, 0.29) is 24.1 Å². The Kier molecular flexibility index (Phi) is 4.52. The fourth-order valence-corrected chi connectivity index (χ4v) is 3.20. The van der Waals surface area contributed by atoms with Crippen LogP contribution in [0, 0.1) is 10.1 Å². The molecule has 2 aliphatic rings. The highest BCUT2D eigenvalue weighted by atomic mass is 16.6. The number of nitrogens with one attached hydrogen (secondary N) is 1. The molecule has 0 unspecified atom stereocenters. The molecule has 0 saturated carbocycles. The Morgan fingerprint density at radius 3 is 2.64 bits per heavy atom. The standard InChI is InChI=1S/C18H17N5O5/c24-17-11-28-15-9-12(1-3-14(15)20-17)18(25)22-7-5-21(6-8-22)16-4-2-13(10-19-16)23(26)27/h1-4,9-10H,5-8,11H2,(H,20,24). The van der Waals surface area contributed by atoms with Gasteiger partial charge in [-0.3, -0.25) is 19.7 Å². The minimum absolute atomic E-state index is 0.0524. The van der Waals surface area contributed by atoms with Crippen molar-refractivity contribution >= 4 is 29.0 Å². The summed E-state index contributed by atoms with van der Waals surface area (Å²) in [6, 6.07) is 8.01. The highest BCUT2D eigenvalue weighted by Crippen LogP contribution is 2.29. The van der Waals surface area contributed by atoms with Gasteiger partial charge in [-0.2, -0.15) is 0 Å². The first-order valence-electron chi connectivity index (χ1n) is 8.72. The van der Waals surface area contributed by atoms with Crippen molar-refractivity contribution in [1.29, 1.82) is 0 Å². The first-order chi connectivity index (χ1) is 13.5. The van der Waals surface area contributed by atoms with E-state index in [1.807, 2.05) is 4.90 Å². The predicted molar refractivity (Wildman–Crippen MR) is 99.6 cm³/mol. The molecule has 1 saturated heterocycles. The Bertz CT molecular complexity index is 938. The Hall–Kier alpha value is -3.69. The number of carbonyl (C=O) groups excluding carboxylic acids is 2. The van der Waals surface area contributed by atoms with Crippen LogP contribution in [0.4, 0.5) is 17.2 Å². The monoisotopic (exact) mass is 383 g/mol. The van der Waals surface area contributed by atoms with Crippen molar-refractivity contribution in [3.05, 3.63) is 52.2 Å². The first kappa shape index (κ1) is 17.7. The number of hydrogen-bond acceptors (Lipinski definition) is 7. The lowest BCUT2D eigenvalue weighted by molar-refractivity contribution is -0.385. The molecule has 0 bridgehead atoms. The molecule has 1 N–H and O–H groups in total. The lowest BCUT2D eigenvalue weighted by Gasteiger charge is -2.35. The fourth-order valence-electron chi connectivity index (χ4n) is 3.20. The largest absolute Gasteiger partial charge is 0.482 e. The number of hydrogen-bond donors (Lipinski definition) is 1. The van der Waals surface area contributed by atoms with E-state index in [1.54, 1.807) is 29.2 Å². The van der Waals surface area contributed by atoms with Crippen LogP contribution in [-0.2, 0) is 4.79 Å². The average molecular weight is 383 g/mol. The summed E-state index contributed by atoms with van der Waals surface area (Å²) in [5, 5.41) is 13.4. The molecule has 2 amide bonds. The maximum absolute atomic E-state index is 12.8. The third kappa shape index (κ3) is 3.43. The average Bonchev–Trinajstić information content (AvgIpc) is 2.73. The van der Waals surface area contributed by atoms with E-state index in [2.05, 4.69) is 10.3 Å². The van der Waals surface area contributed by atoms with Crippen LogP contribution in [0.2, 0.25) is 0 Å². The number of nitrogens with zero attached hydrogens (tertiary/aromatic N) is 4. The predicted octanol–water partition coefficient (Wildman–Crippen LogP) is 1.28. The lowest BCUT2D eigenvalue weighted by Crippen LogP contribution is -2.49. The summed E-state index contributed by atoms with van der Waals surface area (Å²) in [5.41, 5.74) is 1.00. The molecule has 0 radical (unpaired) electrons. The summed E-state index contributed by atoms with van der Waals surface area (Å²) in [6.45, 7) is 2.10. The van der Waals surface area contributed by atoms with E-state index in [9.17, 15) is 19.7 Å². The van der Waals surface area contributed by atoms with E-state index in [0.29, 0.717) is 49.0 Å². The van der Waals surface area contributed by atoms with E-state index in [1.165, 1.54) is 12.3 Å². The maximum atomic E-state index is 12.8. The molecule has 1 aromatic heterocycles. The van der Waals surface area contributed by atoms with Crippen LogP contribution in [0.15, 0.2) is 36.5 Å². The Morgan fingerprint density at radius 1 is 1.18 bits per heavy atom. The van der Waals surface area contributed by atoms with Gasteiger partial charge < -0.3 is 19.9 Å². The van der Waals surface area contributed by atoms with Crippen LogP contribution in [0.25, 0.3) is 0 Å². The van der Waals surface area contributed by atoms with Gasteiger partial charge in [-0.15, -0.1) is 0 Å². The normalized spacial score (nSPS) is 16.1. The SMILES string of the molecule is O=C1COc2cc(C(=O)N3CCN(c4ccc([N+](=O)[O-])cn4)CC3)ccc2N1. The maximum Gasteiger partial charge on any atom is 0.287 e. The van der Waals surface area contributed by atoms with Crippen molar-refractivity contribution in [3.63, 3.8) is 0 Å². The number of piperazine rings is 1. The van der Waals surface area contributed by atoms with Crippen molar-refractivity contribution in [1.82, 2.24) is 9.88 Å². The Morgan fingerprint density at radius 2 is 1.96 bits per heavy atom. The van der Waals surface area contributed by atoms with Crippen molar-refractivity contribution in [2.75, 3.05) is 43.0 Å². The Labute approximate surface area is 159 Å². The molecule has 10 nitrogen and oxygen atoms in total. The number of pyridine rings is 1. The Balaban J connectivity index is 1.40. The zero-order chi connectivity index (χ0) is 19.7. The molecule has 2 aliphatic heterocycles. The zero-order valence-electron chi connectivity index (χ0n) is 14.8. The number of anilines is 2. The topological polar surface area (TPSA) is 118 Å². The molecule has 0 aliphatic carbocycles. The number of fused-ring (bicyclic) bond motifs is 1. The number of benzene rings is 1. The van der Waals surface area contributed by atoms with Crippen LogP contribution >= 0.6 is 0 Å². The van der Waals surface area contributed by atoms with Crippen molar-refractivity contribution < 1.29 is 19.2 Å². The van der Waals surface area contributed by atoms with Gasteiger partial charge in [0, 0.05) is 37.8 Å². The smallest absolute Gasteiger partial charge is 0.287 e. The molecule has 3 heterocycles. The van der Waals surface area contributed by atoms with E-state index < -0.39 is 4.92 Å². The molecule has 2 aromatic rings. The molecule has 0 atom stereocenters. The second kappa shape index (κ2) is 7.14. The van der Waals surface area contributed by atoms with Crippen molar-refractivity contribution in [2.45, 2.75) is 0 Å². The van der Waals surface area contributed by atoms with E-state index in [4.69, 9.17) is 4.74 Å². The van der Waals surface area contributed by atoms with Crippen LogP contribution < -0.4 is 15.0 Å². The number of amides is 2. The molecule has 4 rings (SSSR count). The second-order valence-electron chi connectivity index (χ2n) is 6.46. The fraction of sp³-hybridized carbons (Fsp3) is 0.278. The van der Waals surface area contributed by atoms with E-state index in [0.717, 1.165) is 0 Å². The number of ether oxygens (including phenoxy) is 1. The van der Waals surface area contributed by atoms with Crippen LogP contribution in [-0.4, -0.2) is 59.4 Å². The van der Waals surface area contributed by atoms with Gasteiger partial charge in [0.05, 0.1) is 10.6 Å². The summed E-state index contributed by atoms with van der Waals surface area (Å²) in [4.78, 5) is 42.2. The van der Waals surface area contributed by atoms with Gasteiger partial charge in [0.2, 0.25) is 0 Å². The number of rotatable bonds is 3. The second-order valence-corrected chi connectivity index (χ2v) is 6.46. The third-order valence-corrected chi connectivity index (χ3v) is 4.70. The van der Waals surface area contributed by atoms with Gasteiger partial charge in [0.25, 0.3) is 17.5 Å². The molecule has 144 valence electrons. The number of carbonyl (C=O) groups is 2. The van der Waals surface area contributed by atoms with Gasteiger partial charge in [0.1, 0.15) is 17.8 Å². The van der Waals surface area contributed by atoms with Crippen molar-refractivity contribution in [3.8, 4) is 5.75 Å². The summed E-state index contributed by atoms with van der Waals surface area (Å²) >= 11 is 0. The van der Waals surface area contributed by atoms with Crippen molar-refractivity contribution in [2.24, 2.45) is 0 Å². The lowest BCUT2D eigenvalue weighted by atomic mass is 10.1. The first-order valence-corrected chi connectivity index (χ1v) is 8.72. The number of nitro groups is 1. The van der Waals surface area contributed by atoms with Gasteiger partial charge in [-0.25, -0.2) is 4.98 Å². The molecular formula is C18H17N5O5. The van der Waals surface area contributed by atoms with Gasteiger partial charge in [-0.05, 0) is 24.3 Å². The molecule has 28 heavy (non-hydrogen) atoms. The van der Waals surface area contributed by atoms with E-state index >= 15 is 0 Å². The van der Waals surface area contributed by atoms with Crippen LogP contribution in [0.5, 0.6) is 5.75 Å². The van der Waals surface area contributed by atoms with Gasteiger partial charge in [-0.1, -0.05) is 0 Å². The number of aromatic nitrogens is 1. The third-order valence-electron chi connectivity index (χ3n) is 4.70. The molecule has 1 fully saturated rings. The molecule has 10 heteroatoms. The highest BCUT2D eigenvalue weighted by Gasteiger charge is 2.25. The van der Waals surface area contributed by atoms with Gasteiger partial charge in [0.15, 0.2) is 6.61 Å². The van der Waals surface area contributed by atoms with Gasteiger partial charge >= 0.3 is 0 Å².